The number of aryl methyl sites for hydroxylation is 1. The van der Waals surface area contributed by atoms with Crippen LogP contribution >= 0.6 is 0 Å². The maximum Gasteiger partial charge on any atom is 0.253 e. The van der Waals surface area contributed by atoms with Gasteiger partial charge in [0.1, 0.15) is 24.3 Å². The SMILES string of the molecule is C=C/C(=C\C(F)=C(/C)N1CCN(CC2CCN(C(=O)c3ccc(C4CCN(C(C)/C(C)=C/c5c(-c6ccc7c(c6)N(C)C(COC)N7)ccnc5C)CC4)cc3)CC2)CC1)NC(CCC=O)C(=O)NC.CC. The number of likely N-dealkylation sites (N-methyl/N-ethyl adjacent to an activating group) is 2. The number of nitrogens with one attached hydrogen (secondary N) is 3. The number of carbonyl (C=O) groups is 3. The van der Waals surface area contributed by atoms with E-state index in [4.69, 9.17) is 9.72 Å². The zero-order chi connectivity index (χ0) is 51.9. The van der Waals surface area contributed by atoms with E-state index in [0.29, 0.717) is 55.4 Å². The van der Waals surface area contributed by atoms with E-state index in [0.717, 1.165) is 94.7 Å². The number of rotatable bonds is 19. The molecule has 3 aromatic rings. The summed E-state index contributed by atoms with van der Waals surface area (Å²) in [5, 5.41) is 9.18. The first-order valence-electron chi connectivity index (χ1n) is 26.3. The summed E-state index contributed by atoms with van der Waals surface area (Å²) in [5.74, 6) is 0.437. The molecule has 7 rings (SSSR count). The van der Waals surface area contributed by atoms with E-state index in [9.17, 15) is 14.4 Å². The van der Waals surface area contributed by atoms with Gasteiger partial charge in [0.05, 0.1) is 18.0 Å². The normalized spacial score (nSPS) is 19.6. The molecule has 0 bridgehead atoms. The first kappa shape index (κ1) is 55.5. The van der Waals surface area contributed by atoms with Gasteiger partial charge in [0.15, 0.2) is 0 Å². The highest BCUT2D eigenvalue weighted by Gasteiger charge is 2.30. The number of ether oxygens (including phenoxy) is 1. The lowest BCUT2D eigenvalue weighted by atomic mass is 9.87. The highest BCUT2D eigenvalue weighted by atomic mass is 19.1. The van der Waals surface area contributed by atoms with Crippen LogP contribution in [0.1, 0.15) is 106 Å². The fraction of sp³-hybridized carbons (Fsp3) is 0.517. The molecule has 3 fully saturated rings. The summed E-state index contributed by atoms with van der Waals surface area (Å²) < 4.78 is 20.9. The Bertz CT molecular complexity index is 2400. The summed E-state index contributed by atoms with van der Waals surface area (Å²) in [6.07, 6.45) is 12.6. The number of fused-ring (bicyclic) bond motifs is 1. The van der Waals surface area contributed by atoms with Crippen molar-refractivity contribution in [3.63, 3.8) is 0 Å². The molecule has 13 nitrogen and oxygen atoms in total. The molecular formula is C58H82FN9O4. The topological polar surface area (TPSA) is 126 Å². The van der Waals surface area contributed by atoms with Crippen molar-refractivity contribution in [2.75, 3.05) is 96.9 Å². The van der Waals surface area contributed by atoms with E-state index >= 15 is 4.39 Å². The van der Waals surface area contributed by atoms with Crippen molar-refractivity contribution in [2.45, 2.75) is 104 Å². The number of allylic oxidation sites excluding steroid dienone is 4. The van der Waals surface area contributed by atoms with Gasteiger partial charge in [-0.05, 0) is 144 Å². The predicted molar refractivity (Wildman–Crippen MR) is 292 cm³/mol. The number of benzene rings is 2. The third kappa shape index (κ3) is 13.8. The fourth-order valence-electron chi connectivity index (χ4n) is 10.6. The van der Waals surface area contributed by atoms with Gasteiger partial charge in [-0.1, -0.05) is 50.3 Å². The number of aldehydes is 1. The summed E-state index contributed by atoms with van der Waals surface area (Å²) in [6.45, 7) is 24.5. The van der Waals surface area contributed by atoms with Crippen LogP contribution in [0.4, 0.5) is 15.8 Å². The lowest BCUT2D eigenvalue weighted by molar-refractivity contribution is -0.122. The van der Waals surface area contributed by atoms with Gasteiger partial charge in [0.25, 0.3) is 5.91 Å². The molecular weight excluding hydrogens is 906 g/mol. The van der Waals surface area contributed by atoms with Gasteiger partial charge in [-0.15, -0.1) is 0 Å². The zero-order valence-corrected chi connectivity index (χ0v) is 44.6. The van der Waals surface area contributed by atoms with Gasteiger partial charge in [-0.3, -0.25) is 24.4 Å². The van der Waals surface area contributed by atoms with Crippen LogP contribution in [0.5, 0.6) is 0 Å². The van der Waals surface area contributed by atoms with Crippen LogP contribution in [-0.2, 0) is 14.3 Å². The average molecular weight is 988 g/mol. The molecule has 1 aromatic heterocycles. The number of anilines is 2. The highest BCUT2D eigenvalue weighted by molar-refractivity contribution is 5.94. The molecule has 3 unspecified atom stereocenters. The Kier molecular flexibility index (Phi) is 20.6. The lowest BCUT2D eigenvalue weighted by Crippen LogP contribution is -2.48. The molecule has 72 heavy (non-hydrogen) atoms. The standard InChI is InChI=1S/C56H76FN9O4.C2H6/c1-9-47(60-52(11-10-32-67)55(68)58-6)35-50(57)41(5)65-30-28-63(29-31-65)36-42-19-24-66(25-20-42)56(69)45-14-12-43(13-15-45)44-21-26-64(27-22-44)40(4)38(2)33-49-39(3)59-23-18-48(49)46-16-17-51-53(34-46)62(7)54(61-51)37-70-8;1-2/h9,12-18,23,32-35,40,42,44,52,54,60-61H,1,10-11,19-22,24-31,36-37H2,2-8H3,(H,58,68);1-2H3/b38-33+,47-35+,50-41-;. The number of piperazine rings is 1. The summed E-state index contributed by atoms with van der Waals surface area (Å²) in [7, 11) is 5.37. The minimum Gasteiger partial charge on any atom is -0.381 e. The molecule has 4 aliphatic heterocycles. The molecule has 0 spiro atoms. The summed E-state index contributed by atoms with van der Waals surface area (Å²) in [6, 6.07) is 16.8. The molecule has 0 radical (unpaired) electrons. The lowest BCUT2D eigenvalue weighted by Gasteiger charge is -2.40. The van der Waals surface area contributed by atoms with Gasteiger partial charge >= 0.3 is 0 Å². The molecule has 0 aliphatic carbocycles. The number of halogens is 1. The number of methoxy groups -OCH3 is 1. The van der Waals surface area contributed by atoms with E-state index in [-0.39, 0.29) is 30.2 Å². The second-order valence-electron chi connectivity index (χ2n) is 19.6. The Balaban J connectivity index is 0.00000418. The van der Waals surface area contributed by atoms with Crippen LogP contribution in [0.25, 0.3) is 17.2 Å². The fourth-order valence-corrected chi connectivity index (χ4v) is 10.6. The molecule has 2 aromatic carbocycles. The van der Waals surface area contributed by atoms with Crippen LogP contribution in [0, 0.1) is 12.8 Å². The van der Waals surface area contributed by atoms with E-state index < -0.39 is 6.04 Å². The number of carbonyl (C=O) groups excluding carboxylic acids is 3. The Morgan fingerprint density at radius 1 is 0.958 bits per heavy atom. The third-order valence-corrected chi connectivity index (χ3v) is 15.3. The van der Waals surface area contributed by atoms with Crippen LogP contribution in [0.2, 0.25) is 0 Å². The number of hydrogen-bond donors (Lipinski definition) is 3. The summed E-state index contributed by atoms with van der Waals surface area (Å²) in [5.41, 5.74) is 11.2. The van der Waals surface area contributed by atoms with Crippen LogP contribution < -0.4 is 20.9 Å². The second-order valence-corrected chi connectivity index (χ2v) is 19.6. The molecule has 2 amide bonds. The van der Waals surface area contributed by atoms with Gasteiger partial charge in [0, 0.05) is 114 Å². The molecule has 390 valence electrons. The molecule has 5 heterocycles. The number of piperidine rings is 2. The smallest absolute Gasteiger partial charge is 0.253 e. The number of likely N-dealkylation sites (tertiary alicyclic amines) is 2. The van der Waals surface area contributed by atoms with E-state index in [1.807, 2.05) is 37.1 Å². The monoisotopic (exact) mass is 988 g/mol. The Morgan fingerprint density at radius 3 is 2.29 bits per heavy atom. The Labute approximate surface area is 429 Å². The Morgan fingerprint density at radius 2 is 1.65 bits per heavy atom. The van der Waals surface area contributed by atoms with Gasteiger partial charge < -0.3 is 40.2 Å². The minimum atomic E-state index is -0.666. The molecule has 0 saturated carbocycles. The first-order chi connectivity index (χ1) is 34.8. The largest absolute Gasteiger partial charge is 0.381 e. The molecule has 3 saturated heterocycles. The first-order valence-corrected chi connectivity index (χ1v) is 26.3. The van der Waals surface area contributed by atoms with Gasteiger partial charge in [-0.2, -0.15) is 0 Å². The number of aromatic nitrogens is 1. The minimum absolute atomic E-state index is 0.112. The maximum absolute atomic E-state index is 15.5. The molecule has 14 heteroatoms. The second kappa shape index (κ2) is 26.7. The van der Waals surface area contributed by atoms with Crippen molar-refractivity contribution in [3.05, 3.63) is 119 Å². The zero-order valence-electron chi connectivity index (χ0n) is 44.6. The van der Waals surface area contributed by atoms with Crippen LogP contribution in [-0.4, -0.2) is 148 Å². The van der Waals surface area contributed by atoms with Crippen molar-refractivity contribution in [1.29, 1.82) is 0 Å². The molecule has 3 atom stereocenters. The third-order valence-electron chi connectivity index (χ3n) is 15.3. The molecule has 3 N–H and O–H groups in total. The van der Waals surface area contributed by atoms with E-state index in [2.05, 4.69) is 112 Å². The highest BCUT2D eigenvalue weighted by Crippen LogP contribution is 2.39. The van der Waals surface area contributed by atoms with Crippen molar-refractivity contribution in [3.8, 4) is 11.1 Å². The van der Waals surface area contributed by atoms with E-state index in [1.54, 1.807) is 14.0 Å². The predicted octanol–water partition coefficient (Wildman–Crippen LogP) is 9.01. The average Bonchev–Trinajstić information content (AvgIpc) is 3.73. The van der Waals surface area contributed by atoms with Crippen molar-refractivity contribution in [2.24, 2.45) is 5.92 Å². The van der Waals surface area contributed by atoms with Crippen LogP contribution in [0.15, 0.2) is 96.3 Å². The van der Waals surface area contributed by atoms with Crippen molar-refractivity contribution >= 4 is 35.6 Å². The number of nitrogens with zero attached hydrogens (tertiary/aromatic N) is 6. The summed E-state index contributed by atoms with van der Waals surface area (Å²) >= 11 is 0. The van der Waals surface area contributed by atoms with Crippen LogP contribution in [0.3, 0.4) is 0 Å². The summed E-state index contributed by atoms with van der Waals surface area (Å²) in [4.78, 5) is 53.0. The number of pyridine rings is 1. The van der Waals surface area contributed by atoms with Crippen molar-refractivity contribution in [1.82, 2.24) is 35.2 Å². The van der Waals surface area contributed by atoms with Crippen molar-refractivity contribution < 1.29 is 23.5 Å². The Hall–Kier alpha value is -5.83. The van der Waals surface area contributed by atoms with E-state index in [1.165, 1.54) is 52.7 Å². The van der Waals surface area contributed by atoms with Gasteiger partial charge in [0.2, 0.25) is 5.91 Å². The van der Waals surface area contributed by atoms with Gasteiger partial charge in [-0.25, -0.2) is 4.39 Å². The molecule has 4 aliphatic rings. The maximum atomic E-state index is 15.5. The quantitative estimate of drug-likeness (QED) is 0.0788. The number of amides is 2. The number of hydrogen-bond acceptors (Lipinski definition) is 11.